The molecule has 0 atom stereocenters. The van der Waals surface area contributed by atoms with Crippen molar-refractivity contribution >= 4 is 29.2 Å². The number of carbonyl (C=O) groups is 2. The van der Waals surface area contributed by atoms with Crippen LogP contribution in [0.2, 0.25) is 5.02 Å². The van der Waals surface area contributed by atoms with Crippen LogP contribution in [0.25, 0.3) is 0 Å². The number of hydrogen-bond donors (Lipinski definition) is 1. The summed E-state index contributed by atoms with van der Waals surface area (Å²) in [6.07, 6.45) is 4.99. The lowest BCUT2D eigenvalue weighted by atomic mass is 9.92. The van der Waals surface area contributed by atoms with Crippen LogP contribution >= 0.6 is 11.6 Å². The van der Waals surface area contributed by atoms with E-state index in [4.69, 9.17) is 26.3 Å². The summed E-state index contributed by atoms with van der Waals surface area (Å²) in [5.41, 5.74) is 2.14. The highest BCUT2D eigenvalue weighted by Gasteiger charge is 2.27. The minimum Gasteiger partial charge on any atom is -0.490 e. The molecule has 1 aliphatic carbocycles. The summed E-state index contributed by atoms with van der Waals surface area (Å²) in [5.74, 6) is 0.486. The number of halogens is 1. The van der Waals surface area contributed by atoms with Crippen molar-refractivity contribution in [2.75, 3.05) is 24.6 Å². The molecule has 8 heteroatoms. The predicted octanol–water partition coefficient (Wildman–Crippen LogP) is 5.11. The molecule has 1 N–H and O–H groups in total. The Morgan fingerprint density at radius 2 is 1.75 bits per heavy atom. The van der Waals surface area contributed by atoms with Crippen molar-refractivity contribution in [2.24, 2.45) is 5.92 Å². The highest BCUT2D eigenvalue weighted by Crippen LogP contribution is 2.28. The van der Waals surface area contributed by atoms with Gasteiger partial charge in [-0.1, -0.05) is 11.6 Å². The number of nitrogens with zero attached hydrogens (tertiary/aromatic N) is 2. The maximum absolute atomic E-state index is 12.8. The number of carbonyl (C=O) groups excluding carboxylic acids is 2. The Hall–Kier alpha value is -3.24. The second kappa shape index (κ2) is 12.1. The number of ether oxygens (including phenoxy) is 2. The topological polar surface area (TPSA) is 91.7 Å². The maximum Gasteiger partial charge on any atom is 0.309 e. The Morgan fingerprint density at radius 3 is 2.36 bits per heavy atom. The first-order valence-corrected chi connectivity index (χ1v) is 13.0. The molecule has 1 aliphatic heterocycles. The third kappa shape index (κ3) is 6.50. The van der Waals surface area contributed by atoms with E-state index >= 15 is 0 Å². The molecule has 0 aromatic heterocycles. The van der Waals surface area contributed by atoms with Crippen LogP contribution in [0.15, 0.2) is 42.5 Å². The number of nitriles is 1. The number of esters is 1. The van der Waals surface area contributed by atoms with Crippen molar-refractivity contribution in [1.82, 2.24) is 5.32 Å². The minimum atomic E-state index is -0.0941. The van der Waals surface area contributed by atoms with E-state index in [0.717, 1.165) is 57.3 Å². The summed E-state index contributed by atoms with van der Waals surface area (Å²) in [5, 5.41) is 12.6. The molecule has 0 unspecified atom stereocenters. The Bertz CT molecular complexity index is 1100. The van der Waals surface area contributed by atoms with Gasteiger partial charge in [0.2, 0.25) is 0 Å². The van der Waals surface area contributed by atoms with Gasteiger partial charge < -0.3 is 19.7 Å². The average molecular weight is 510 g/mol. The minimum absolute atomic E-state index is 0.0198. The zero-order chi connectivity index (χ0) is 25.5. The molecule has 2 aliphatic rings. The van der Waals surface area contributed by atoms with Gasteiger partial charge in [0.25, 0.3) is 5.91 Å². The van der Waals surface area contributed by atoms with Crippen LogP contribution in [0.3, 0.4) is 0 Å². The van der Waals surface area contributed by atoms with Crippen LogP contribution in [-0.2, 0) is 9.53 Å². The molecule has 1 heterocycles. The first kappa shape index (κ1) is 25.8. The quantitative estimate of drug-likeness (QED) is 0.521. The first-order chi connectivity index (χ1) is 17.5. The van der Waals surface area contributed by atoms with Crippen LogP contribution < -0.4 is 15.0 Å². The Kier molecular flexibility index (Phi) is 8.71. The fourth-order valence-corrected chi connectivity index (χ4v) is 5.12. The molecule has 2 aromatic rings. The van der Waals surface area contributed by atoms with Gasteiger partial charge in [-0.3, -0.25) is 9.59 Å². The van der Waals surface area contributed by atoms with Crippen LogP contribution in [0, 0.1) is 17.2 Å². The van der Waals surface area contributed by atoms with Crippen molar-refractivity contribution in [3.8, 4) is 11.8 Å². The lowest BCUT2D eigenvalue weighted by Gasteiger charge is -2.32. The van der Waals surface area contributed by atoms with Gasteiger partial charge in [-0.2, -0.15) is 5.26 Å². The summed E-state index contributed by atoms with van der Waals surface area (Å²) >= 11 is 6.10. The van der Waals surface area contributed by atoms with Crippen molar-refractivity contribution < 1.29 is 19.1 Å². The van der Waals surface area contributed by atoms with Gasteiger partial charge in [0, 0.05) is 36.4 Å². The number of benzene rings is 2. The third-order valence-corrected chi connectivity index (χ3v) is 7.30. The Morgan fingerprint density at radius 1 is 1.06 bits per heavy atom. The second-order valence-electron chi connectivity index (χ2n) is 9.38. The number of hydrogen-bond acceptors (Lipinski definition) is 6. The third-order valence-electron chi connectivity index (χ3n) is 6.98. The van der Waals surface area contributed by atoms with E-state index in [1.165, 1.54) is 0 Å². The lowest BCUT2D eigenvalue weighted by Crippen LogP contribution is -2.39. The number of nitrogens with one attached hydrogen (secondary N) is 1. The van der Waals surface area contributed by atoms with Gasteiger partial charge in [-0.25, -0.2) is 0 Å². The average Bonchev–Trinajstić information content (AvgIpc) is 2.90. The summed E-state index contributed by atoms with van der Waals surface area (Å²) in [7, 11) is 0. The van der Waals surface area contributed by atoms with E-state index in [-0.39, 0.29) is 29.9 Å². The first-order valence-electron chi connectivity index (χ1n) is 12.7. The van der Waals surface area contributed by atoms with Crippen molar-refractivity contribution in [2.45, 2.75) is 57.6 Å². The summed E-state index contributed by atoms with van der Waals surface area (Å²) in [6, 6.07) is 15.0. The van der Waals surface area contributed by atoms with Gasteiger partial charge in [0.15, 0.2) is 0 Å². The van der Waals surface area contributed by atoms with E-state index in [0.29, 0.717) is 28.5 Å². The van der Waals surface area contributed by atoms with Gasteiger partial charge >= 0.3 is 5.97 Å². The summed E-state index contributed by atoms with van der Waals surface area (Å²) in [6.45, 7) is 3.86. The maximum atomic E-state index is 12.8. The van der Waals surface area contributed by atoms with Gasteiger partial charge in [-0.15, -0.1) is 0 Å². The molecule has 0 spiro atoms. The summed E-state index contributed by atoms with van der Waals surface area (Å²) < 4.78 is 11.2. The molecule has 2 aromatic carbocycles. The molecule has 0 radical (unpaired) electrons. The number of rotatable bonds is 7. The molecular formula is C28H32ClN3O4. The summed E-state index contributed by atoms with van der Waals surface area (Å²) in [4.78, 5) is 27.0. The molecule has 1 saturated heterocycles. The molecule has 0 bridgehead atoms. The lowest BCUT2D eigenvalue weighted by molar-refractivity contribution is -0.148. The smallest absolute Gasteiger partial charge is 0.309 e. The zero-order valence-electron chi connectivity index (χ0n) is 20.5. The van der Waals surface area contributed by atoms with Gasteiger partial charge in [-0.05, 0) is 81.8 Å². The van der Waals surface area contributed by atoms with Crippen molar-refractivity contribution in [1.29, 1.82) is 5.26 Å². The number of piperidine rings is 1. The molecule has 1 amide bonds. The number of anilines is 1. The van der Waals surface area contributed by atoms with Crippen LogP contribution in [0.4, 0.5) is 5.69 Å². The van der Waals surface area contributed by atoms with Gasteiger partial charge in [0.1, 0.15) is 11.8 Å². The fraction of sp³-hybridized carbons (Fsp3) is 0.464. The van der Waals surface area contributed by atoms with E-state index < -0.39 is 0 Å². The standard InChI is InChI=1S/C28H32ClN3O4/c1-2-35-28(34)20-13-15-32(16-14-20)23-8-3-19(4-9-23)27(33)31-22-6-11-24(12-7-22)36-25-10-5-21(18-30)26(29)17-25/h3-5,8-10,17,20,22,24H,2,6-7,11-16H2,1H3,(H,31,33). The van der Waals surface area contributed by atoms with Crippen LogP contribution in [0.1, 0.15) is 61.4 Å². The molecular weight excluding hydrogens is 478 g/mol. The van der Waals surface area contributed by atoms with E-state index in [1.54, 1.807) is 18.2 Å². The monoisotopic (exact) mass is 509 g/mol. The predicted molar refractivity (Wildman–Crippen MR) is 138 cm³/mol. The SMILES string of the molecule is CCOC(=O)C1CCN(c2ccc(C(=O)NC3CCC(Oc4ccc(C#N)c(Cl)c4)CC3)cc2)CC1. The molecule has 2 fully saturated rings. The molecule has 36 heavy (non-hydrogen) atoms. The van der Waals surface area contributed by atoms with Crippen molar-refractivity contribution in [3.63, 3.8) is 0 Å². The highest BCUT2D eigenvalue weighted by atomic mass is 35.5. The highest BCUT2D eigenvalue weighted by molar-refractivity contribution is 6.31. The van der Waals surface area contributed by atoms with Crippen LogP contribution in [0.5, 0.6) is 5.75 Å². The van der Waals surface area contributed by atoms with Crippen LogP contribution in [-0.4, -0.2) is 43.7 Å². The number of amides is 1. The Balaban J connectivity index is 1.22. The Labute approximate surface area is 217 Å². The molecule has 7 nitrogen and oxygen atoms in total. The van der Waals surface area contributed by atoms with E-state index in [2.05, 4.69) is 10.2 Å². The largest absolute Gasteiger partial charge is 0.490 e. The zero-order valence-corrected chi connectivity index (χ0v) is 21.3. The van der Waals surface area contributed by atoms with Gasteiger partial charge in [0.05, 0.1) is 29.2 Å². The fourth-order valence-electron chi connectivity index (χ4n) is 4.90. The molecule has 4 rings (SSSR count). The molecule has 1 saturated carbocycles. The van der Waals surface area contributed by atoms with E-state index in [1.807, 2.05) is 37.3 Å². The normalized spacial score (nSPS) is 20.3. The molecule has 190 valence electrons. The van der Waals surface area contributed by atoms with E-state index in [9.17, 15) is 9.59 Å². The van der Waals surface area contributed by atoms with Crippen molar-refractivity contribution in [3.05, 3.63) is 58.6 Å². The second-order valence-corrected chi connectivity index (χ2v) is 9.79.